The van der Waals surface area contributed by atoms with Gasteiger partial charge < -0.3 is 10.5 Å². The molecular weight excluding hydrogens is 276 g/mol. The zero-order valence-electron chi connectivity index (χ0n) is 10.6. The molecule has 0 atom stereocenters. The molecule has 7 heteroatoms. The maximum atomic E-state index is 12.1. The van der Waals surface area contributed by atoms with E-state index in [4.69, 9.17) is 10.5 Å². The van der Waals surface area contributed by atoms with E-state index >= 15 is 0 Å². The minimum atomic E-state index is -3.63. The molecule has 5 nitrogen and oxygen atoms in total. The zero-order valence-corrected chi connectivity index (χ0v) is 12.3. The maximum absolute atomic E-state index is 12.1. The van der Waals surface area contributed by atoms with Crippen molar-refractivity contribution in [1.82, 2.24) is 4.72 Å². The lowest BCUT2D eigenvalue weighted by Gasteiger charge is -2.24. The Balaban J connectivity index is 0.00000289. The molecule has 18 heavy (non-hydrogen) atoms. The summed E-state index contributed by atoms with van der Waals surface area (Å²) in [4.78, 5) is 0.115. The van der Waals surface area contributed by atoms with E-state index in [0.29, 0.717) is 5.75 Å². The van der Waals surface area contributed by atoms with Crippen LogP contribution in [0, 0.1) is 0 Å². The van der Waals surface area contributed by atoms with Crippen molar-refractivity contribution in [2.45, 2.75) is 24.3 Å². The molecule has 0 bridgehead atoms. The summed E-state index contributed by atoms with van der Waals surface area (Å²) in [7, 11) is -2.19. The summed E-state index contributed by atoms with van der Waals surface area (Å²) in [6.45, 7) is 3.65. The Morgan fingerprint density at radius 1 is 1.33 bits per heavy atom. The highest BCUT2D eigenvalue weighted by molar-refractivity contribution is 7.89. The third-order valence-electron chi connectivity index (χ3n) is 2.28. The Labute approximate surface area is 114 Å². The standard InChI is InChI=1S/C11H18N2O3S.ClH/c1-11(2,8-12)13-17(14,15)10-7-5-4-6-9(10)16-3;/h4-7,13H,8,12H2,1-3H3;1H. The molecule has 0 fully saturated rings. The van der Waals surface area contributed by atoms with Crippen molar-refractivity contribution in [2.24, 2.45) is 5.73 Å². The highest BCUT2D eigenvalue weighted by Crippen LogP contribution is 2.23. The number of hydrogen-bond acceptors (Lipinski definition) is 4. The number of hydrogen-bond donors (Lipinski definition) is 2. The number of benzene rings is 1. The van der Waals surface area contributed by atoms with Crippen LogP contribution in [0.5, 0.6) is 5.75 Å². The fraction of sp³-hybridized carbons (Fsp3) is 0.455. The van der Waals surface area contributed by atoms with Crippen molar-refractivity contribution in [3.05, 3.63) is 24.3 Å². The minimum Gasteiger partial charge on any atom is -0.495 e. The van der Waals surface area contributed by atoms with E-state index < -0.39 is 15.6 Å². The van der Waals surface area contributed by atoms with Crippen LogP contribution in [0.2, 0.25) is 0 Å². The Kier molecular flexibility index (Phi) is 6.09. The second kappa shape index (κ2) is 6.38. The Morgan fingerprint density at radius 2 is 1.89 bits per heavy atom. The molecule has 0 saturated heterocycles. The lowest BCUT2D eigenvalue weighted by atomic mass is 10.1. The van der Waals surface area contributed by atoms with Crippen LogP contribution < -0.4 is 15.2 Å². The Hall–Kier alpha value is -0.820. The second-order valence-corrected chi connectivity index (χ2v) is 6.00. The van der Waals surface area contributed by atoms with E-state index in [1.807, 2.05) is 0 Å². The summed E-state index contributed by atoms with van der Waals surface area (Å²) in [6.07, 6.45) is 0. The van der Waals surface area contributed by atoms with Gasteiger partial charge in [0.1, 0.15) is 10.6 Å². The predicted molar refractivity (Wildman–Crippen MR) is 73.7 cm³/mol. The molecule has 0 aliphatic carbocycles. The molecule has 3 N–H and O–H groups in total. The van der Waals surface area contributed by atoms with Gasteiger partial charge >= 0.3 is 0 Å². The van der Waals surface area contributed by atoms with Crippen LogP contribution >= 0.6 is 12.4 Å². The molecule has 1 aromatic rings. The summed E-state index contributed by atoms with van der Waals surface area (Å²) in [5.74, 6) is 0.313. The van der Waals surface area contributed by atoms with Gasteiger partial charge in [-0.05, 0) is 26.0 Å². The van der Waals surface area contributed by atoms with Gasteiger partial charge in [-0.25, -0.2) is 13.1 Å². The zero-order chi connectivity index (χ0) is 13.1. The van der Waals surface area contributed by atoms with E-state index in [1.54, 1.807) is 32.0 Å². The second-order valence-electron chi connectivity index (χ2n) is 4.34. The molecule has 104 valence electrons. The van der Waals surface area contributed by atoms with E-state index in [2.05, 4.69) is 4.72 Å². The normalized spacial score (nSPS) is 11.8. The van der Waals surface area contributed by atoms with Crippen LogP contribution in [0.15, 0.2) is 29.2 Å². The van der Waals surface area contributed by atoms with Crippen LogP contribution in [0.25, 0.3) is 0 Å². The molecular formula is C11H19ClN2O3S. The number of methoxy groups -OCH3 is 1. The van der Waals surface area contributed by atoms with E-state index in [9.17, 15) is 8.42 Å². The van der Waals surface area contributed by atoms with Gasteiger partial charge in [0.2, 0.25) is 10.0 Å². The van der Waals surface area contributed by atoms with Gasteiger partial charge in [-0.15, -0.1) is 12.4 Å². The highest BCUT2D eigenvalue weighted by atomic mass is 35.5. The molecule has 0 saturated carbocycles. The van der Waals surface area contributed by atoms with E-state index in [1.165, 1.54) is 13.2 Å². The smallest absolute Gasteiger partial charge is 0.244 e. The van der Waals surface area contributed by atoms with Gasteiger partial charge in [-0.2, -0.15) is 0 Å². The minimum absolute atomic E-state index is 0. The lowest BCUT2D eigenvalue weighted by molar-refractivity contribution is 0.400. The maximum Gasteiger partial charge on any atom is 0.244 e. The topological polar surface area (TPSA) is 81.4 Å². The van der Waals surface area contributed by atoms with Gasteiger partial charge in [0.15, 0.2) is 0 Å². The molecule has 0 aliphatic heterocycles. The monoisotopic (exact) mass is 294 g/mol. The van der Waals surface area contributed by atoms with Crippen molar-refractivity contribution >= 4 is 22.4 Å². The van der Waals surface area contributed by atoms with Crippen LogP contribution in [-0.4, -0.2) is 27.6 Å². The third-order valence-corrected chi connectivity index (χ3v) is 4.02. The molecule has 0 amide bonds. The largest absolute Gasteiger partial charge is 0.495 e. The van der Waals surface area contributed by atoms with Crippen LogP contribution in [0.3, 0.4) is 0 Å². The number of rotatable bonds is 5. The van der Waals surface area contributed by atoms with Crippen LogP contribution in [0.1, 0.15) is 13.8 Å². The number of nitrogens with one attached hydrogen (secondary N) is 1. The highest BCUT2D eigenvalue weighted by Gasteiger charge is 2.26. The van der Waals surface area contributed by atoms with Crippen LogP contribution in [-0.2, 0) is 10.0 Å². The Bertz CT molecular complexity index is 489. The van der Waals surface area contributed by atoms with Gasteiger partial charge in [0.25, 0.3) is 0 Å². The van der Waals surface area contributed by atoms with E-state index in [0.717, 1.165) is 0 Å². The number of nitrogens with two attached hydrogens (primary N) is 1. The van der Waals surface area contributed by atoms with Crippen molar-refractivity contribution < 1.29 is 13.2 Å². The molecule has 0 aliphatic rings. The lowest BCUT2D eigenvalue weighted by Crippen LogP contribution is -2.48. The summed E-state index contributed by atoms with van der Waals surface area (Å²) in [6, 6.07) is 6.45. The van der Waals surface area contributed by atoms with Gasteiger partial charge in [0, 0.05) is 12.1 Å². The first kappa shape index (κ1) is 17.2. The molecule has 0 spiro atoms. The summed E-state index contributed by atoms with van der Waals surface area (Å²) >= 11 is 0. The average molecular weight is 295 g/mol. The number of halogens is 1. The van der Waals surface area contributed by atoms with Gasteiger partial charge in [-0.3, -0.25) is 0 Å². The first-order valence-electron chi connectivity index (χ1n) is 5.19. The van der Waals surface area contributed by atoms with Crippen molar-refractivity contribution in [1.29, 1.82) is 0 Å². The predicted octanol–water partition coefficient (Wildman–Crippen LogP) is 1.13. The molecule has 0 heterocycles. The average Bonchev–Trinajstić information content (AvgIpc) is 2.28. The summed E-state index contributed by atoms with van der Waals surface area (Å²) < 4.78 is 31.8. The van der Waals surface area contributed by atoms with E-state index in [-0.39, 0.29) is 23.8 Å². The number of ether oxygens (including phenoxy) is 1. The fourth-order valence-electron chi connectivity index (χ4n) is 1.30. The fourth-order valence-corrected chi connectivity index (χ4v) is 2.90. The van der Waals surface area contributed by atoms with Gasteiger partial charge in [-0.1, -0.05) is 12.1 Å². The number of sulfonamides is 1. The Morgan fingerprint density at radius 3 is 2.39 bits per heavy atom. The summed E-state index contributed by atoms with van der Waals surface area (Å²) in [5, 5.41) is 0. The van der Waals surface area contributed by atoms with Crippen molar-refractivity contribution in [3.63, 3.8) is 0 Å². The molecule has 0 aromatic heterocycles. The van der Waals surface area contributed by atoms with Crippen molar-refractivity contribution in [3.8, 4) is 5.75 Å². The molecule has 0 unspecified atom stereocenters. The van der Waals surface area contributed by atoms with Crippen molar-refractivity contribution in [2.75, 3.05) is 13.7 Å². The molecule has 1 rings (SSSR count). The first-order chi connectivity index (χ1) is 7.82. The first-order valence-corrected chi connectivity index (χ1v) is 6.68. The quantitative estimate of drug-likeness (QED) is 0.853. The van der Waals surface area contributed by atoms with Crippen LogP contribution in [0.4, 0.5) is 0 Å². The SMILES string of the molecule is COc1ccccc1S(=O)(=O)NC(C)(C)CN.Cl. The number of para-hydroxylation sites is 1. The molecule has 1 aromatic carbocycles. The third kappa shape index (κ3) is 4.13. The molecule has 0 radical (unpaired) electrons. The van der Waals surface area contributed by atoms with Gasteiger partial charge in [0.05, 0.1) is 7.11 Å². The summed E-state index contributed by atoms with van der Waals surface area (Å²) in [5.41, 5.74) is 4.81.